The summed E-state index contributed by atoms with van der Waals surface area (Å²) in [5.41, 5.74) is 1.37. The second-order valence-electron chi connectivity index (χ2n) is 6.40. The van der Waals surface area contributed by atoms with E-state index in [1.807, 2.05) is 0 Å². The first-order valence-electron chi connectivity index (χ1n) is 9.10. The van der Waals surface area contributed by atoms with E-state index in [1.54, 1.807) is 18.2 Å². The van der Waals surface area contributed by atoms with E-state index in [0.29, 0.717) is 39.8 Å². The number of hydrogen-bond acceptors (Lipinski definition) is 5. The first-order chi connectivity index (χ1) is 14.2. The molecule has 0 aliphatic rings. The van der Waals surface area contributed by atoms with E-state index in [0.717, 1.165) is 0 Å². The number of hydrogen-bond donors (Lipinski definition) is 2. The lowest BCUT2D eigenvalue weighted by Gasteiger charge is -2.10. The normalized spacial score (nSPS) is 11.0. The molecular formula is C20H22Cl2N2O5S. The molecule has 0 heterocycles. The van der Waals surface area contributed by atoms with Crippen molar-refractivity contribution in [2.24, 2.45) is 0 Å². The SMILES string of the molecule is COC(=O)CCCNC(=O)c1ccc(NS(=O)(=O)CCc2cccc(Cl)c2Cl)cc1. The van der Waals surface area contributed by atoms with Crippen LogP contribution in [0.5, 0.6) is 0 Å². The van der Waals surface area contributed by atoms with Crippen LogP contribution in [0.15, 0.2) is 42.5 Å². The smallest absolute Gasteiger partial charge is 0.305 e. The van der Waals surface area contributed by atoms with Crippen LogP contribution in [-0.2, 0) is 26.0 Å². The van der Waals surface area contributed by atoms with Crippen molar-refractivity contribution in [3.8, 4) is 0 Å². The molecule has 0 saturated heterocycles. The molecule has 2 aromatic carbocycles. The van der Waals surface area contributed by atoms with Gasteiger partial charge in [-0.1, -0.05) is 35.3 Å². The quantitative estimate of drug-likeness (QED) is 0.405. The molecule has 2 rings (SSSR count). The highest BCUT2D eigenvalue weighted by molar-refractivity contribution is 7.92. The van der Waals surface area contributed by atoms with E-state index in [4.69, 9.17) is 23.2 Å². The molecule has 0 atom stereocenters. The maximum Gasteiger partial charge on any atom is 0.305 e. The number of rotatable bonds is 10. The van der Waals surface area contributed by atoms with E-state index in [-0.39, 0.29) is 30.5 Å². The van der Waals surface area contributed by atoms with Crippen LogP contribution in [0, 0.1) is 0 Å². The van der Waals surface area contributed by atoms with Crippen molar-refractivity contribution in [3.05, 3.63) is 63.6 Å². The highest BCUT2D eigenvalue weighted by Gasteiger charge is 2.14. The van der Waals surface area contributed by atoms with Crippen molar-refractivity contribution in [2.75, 3.05) is 24.1 Å². The Morgan fingerprint density at radius 2 is 1.77 bits per heavy atom. The molecule has 1 amide bonds. The van der Waals surface area contributed by atoms with Gasteiger partial charge in [-0.2, -0.15) is 0 Å². The van der Waals surface area contributed by atoms with Crippen LogP contribution < -0.4 is 10.0 Å². The molecule has 0 spiro atoms. The highest BCUT2D eigenvalue weighted by atomic mass is 35.5. The number of methoxy groups -OCH3 is 1. The number of benzene rings is 2. The van der Waals surface area contributed by atoms with Crippen molar-refractivity contribution in [1.29, 1.82) is 0 Å². The summed E-state index contributed by atoms with van der Waals surface area (Å²) < 4.78 is 31.7. The molecule has 162 valence electrons. The number of nitrogens with one attached hydrogen (secondary N) is 2. The fourth-order valence-electron chi connectivity index (χ4n) is 2.54. The van der Waals surface area contributed by atoms with Crippen molar-refractivity contribution >= 4 is 50.8 Å². The first-order valence-corrected chi connectivity index (χ1v) is 11.5. The minimum atomic E-state index is -3.62. The van der Waals surface area contributed by atoms with Crippen LogP contribution in [0.1, 0.15) is 28.8 Å². The van der Waals surface area contributed by atoms with E-state index >= 15 is 0 Å². The van der Waals surface area contributed by atoms with Crippen LogP contribution >= 0.6 is 23.2 Å². The lowest BCUT2D eigenvalue weighted by Crippen LogP contribution is -2.25. The maximum absolute atomic E-state index is 12.3. The summed E-state index contributed by atoms with van der Waals surface area (Å²) in [7, 11) is -2.31. The van der Waals surface area contributed by atoms with Gasteiger partial charge in [0.15, 0.2) is 0 Å². The number of esters is 1. The minimum absolute atomic E-state index is 0.171. The summed E-state index contributed by atoms with van der Waals surface area (Å²) in [4.78, 5) is 23.1. The third kappa shape index (κ3) is 7.51. The molecule has 2 N–H and O–H groups in total. The summed E-state index contributed by atoms with van der Waals surface area (Å²) in [5, 5.41) is 3.40. The monoisotopic (exact) mass is 472 g/mol. The Morgan fingerprint density at radius 3 is 2.43 bits per heavy atom. The number of ether oxygens (including phenoxy) is 1. The summed E-state index contributed by atoms with van der Waals surface area (Å²) in [5.74, 6) is -0.821. The lowest BCUT2D eigenvalue weighted by molar-refractivity contribution is -0.140. The molecule has 0 aliphatic carbocycles. The number of aryl methyl sites for hydroxylation is 1. The number of halogens is 2. The van der Waals surface area contributed by atoms with Crippen LogP contribution in [0.2, 0.25) is 10.0 Å². The average Bonchev–Trinajstić information content (AvgIpc) is 2.72. The lowest BCUT2D eigenvalue weighted by atomic mass is 10.2. The number of carbonyl (C=O) groups is 2. The second kappa shape index (κ2) is 11.2. The van der Waals surface area contributed by atoms with Gasteiger partial charge in [-0.05, 0) is 48.7 Å². The number of anilines is 1. The second-order valence-corrected chi connectivity index (χ2v) is 9.02. The zero-order valence-corrected chi connectivity index (χ0v) is 18.6. The third-order valence-electron chi connectivity index (χ3n) is 4.16. The molecule has 0 aromatic heterocycles. The topological polar surface area (TPSA) is 102 Å². The Balaban J connectivity index is 1.87. The summed E-state index contributed by atoms with van der Waals surface area (Å²) in [6, 6.07) is 11.1. The molecule has 0 unspecified atom stereocenters. The van der Waals surface area contributed by atoms with Gasteiger partial charge < -0.3 is 10.1 Å². The van der Waals surface area contributed by atoms with Gasteiger partial charge >= 0.3 is 5.97 Å². The Kier molecular flexibility index (Phi) is 8.95. The van der Waals surface area contributed by atoms with Crippen molar-refractivity contribution in [1.82, 2.24) is 5.32 Å². The molecule has 7 nitrogen and oxygen atoms in total. The van der Waals surface area contributed by atoms with Crippen molar-refractivity contribution < 1.29 is 22.7 Å². The Hall–Kier alpha value is -2.29. The Morgan fingerprint density at radius 1 is 1.07 bits per heavy atom. The van der Waals surface area contributed by atoms with E-state index < -0.39 is 10.0 Å². The zero-order chi connectivity index (χ0) is 22.1. The molecular weight excluding hydrogens is 451 g/mol. The largest absolute Gasteiger partial charge is 0.469 e. The summed E-state index contributed by atoms with van der Waals surface area (Å²) in [6.07, 6.45) is 0.894. The van der Waals surface area contributed by atoms with E-state index in [1.165, 1.54) is 31.4 Å². The van der Waals surface area contributed by atoms with Gasteiger partial charge in [-0.25, -0.2) is 8.42 Å². The van der Waals surface area contributed by atoms with Gasteiger partial charge in [0.05, 0.1) is 22.9 Å². The maximum atomic E-state index is 12.3. The van der Waals surface area contributed by atoms with Gasteiger partial charge in [0.1, 0.15) is 0 Å². The van der Waals surface area contributed by atoms with Crippen LogP contribution in [-0.4, -0.2) is 39.7 Å². The number of sulfonamides is 1. The van der Waals surface area contributed by atoms with Crippen LogP contribution in [0.4, 0.5) is 5.69 Å². The van der Waals surface area contributed by atoms with Crippen molar-refractivity contribution in [2.45, 2.75) is 19.3 Å². The predicted molar refractivity (Wildman–Crippen MR) is 118 cm³/mol. The molecule has 10 heteroatoms. The zero-order valence-electron chi connectivity index (χ0n) is 16.3. The van der Waals surface area contributed by atoms with Gasteiger partial charge in [0, 0.05) is 24.2 Å². The van der Waals surface area contributed by atoms with Gasteiger partial charge in [0.2, 0.25) is 10.0 Å². The van der Waals surface area contributed by atoms with Crippen molar-refractivity contribution in [3.63, 3.8) is 0 Å². The Bertz CT molecular complexity index is 995. The fourth-order valence-corrected chi connectivity index (χ4v) is 4.05. The number of carbonyl (C=O) groups excluding carboxylic acids is 2. The average molecular weight is 473 g/mol. The first kappa shape index (κ1) is 24.0. The minimum Gasteiger partial charge on any atom is -0.469 e. The standard InChI is InChI=1S/C20H22Cl2N2O5S/c1-29-18(25)6-3-12-23-20(26)15-7-9-16(10-8-15)24-30(27,28)13-11-14-4-2-5-17(21)19(14)22/h2,4-5,7-10,24H,3,6,11-13H2,1H3,(H,23,26). The van der Waals surface area contributed by atoms with E-state index in [9.17, 15) is 18.0 Å². The molecule has 0 aliphatic heterocycles. The van der Waals surface area contributed by atoms with Gasteiger partial charge in [-0.3, -0.25) is 14.3 Å². The summed E-state index contributed by atoms with van der Waals surface area (Å²) >= 11 is 12.0. The van der Waals surface area contributed by atoms with E-state index in [2.05, 4.69) is 14.8 Å². The fraction of sp³-hybridized carbons (Fsp3) is 0.300. The third-order valence-corrected chi connectivity index (χ3v) is 6.31. The number of amides is 1. The molecule has 30 heavy (non-hydrogen) atoms. The molecule has 0 fully saturated rings. The molecule has 0 bridgehead atoms. The molecule has 0 saturated carbocycles. The predicted octanol–water partition coefficient (Wildman–Crippen LogP) is 3.66. The molecule has 2 aromatic rings. The molecule has 0 radical (unpaired) electrons. The van der Waals surface area contributed by atoms with Crippen LogP contribution in [0.3, 0.4) is 0 Å². The van der Waals surface area contributed by atoms with Gasteiger partial charge in [-0.15, -0.1) is 0 Å². The highest BCUT2D eigenvalue weighted by Crippen LogP contribution is 2.26. The van der Waals surface area contributed by atoms with Gasteiger partial charge in [0.25, 0.3) is 5.91 Å². The van der Waals surface area contributed by atoms with Crippen LogP contribution in [0.25, 0.3) is 0 Å². The Labute approximate surface area is 185 Å². The summed E-state index contributed by atoms with van der Waals surface area (Å²) in [6.45, 7) is 0.328.